The molecule has 5 heteroatoms. The van der Waals surface area contributed by atoms with Gasteiger partial charge in [-0.3, -0.25) is 9.78 Å². The number of hydrogen-bond donors (Lipinski definition) is 0. The topological polar surface area (TPSA) is 49.3 Å². The number of aromatic nitrogens is 2. The molecule has 3 aromatic rings. The van der Waals surface area contributed by atoms with E-state index in [0.717, 1.165) is 23.1 Å². The average Bonchev–Trinajstić information content (AvgIpc) is 2.66. The summed E-state index contributed by atoms with van der Waals surface area (Å²) in [6, 6.07) is 16.0. The lowest BCUT2D eigenvalue weighted by Crippen LogP contribution is -2.48. The first kappa shape index (κ1) is 15.7. The Bertz CT molecular complexity index is 938. The van der Waals surface area contributed by atoms with E-state index < -0.39 is 0 Å². The van der Waals surface area contributed by atoms with E-state index in [0.29, 0.717) is 12.2 Å². The third-order valence-electron chi connectivity index (χ3n) is 4.77. The van der Waals surface area contributed by atoms with Crippen LogP contribution in [0.15, 0.2) is 54.7 Å². The number of likely N-dealkylation sites (N-methyl/N-ethyl adjacent to an activating group) is 1. The molecule has 1 unspecified atom stereocenters. The van der Waals surface area contributed by atoms with Gasteiger partial charge in [0.05, 0.1) is 17.2 Å². The van der Waals surface area contributed by atoms with Crippen molar-refractivity contribution in [2.24, 2.45) is 0 Å². The van der Waals surface area contributed by atoms with Crippen molar-refractivity contribution in [2.75, 3.05) is 25.5 Å². The first-order valence-electron chi connectivity index (χ1n) is 8.41. The van der Waals surface area contributed by atoms with Crippen molar-refractivity contribution in [2.45, 2.75) is 12.5 Å². The van der Waals surface area contributed by atoms with E-state index in [1.807, 2.05) is 47.4 Å². The second-order valence-electron chi connectivity index (χ2n) is 6.61. The van der Waals surface area contributed by atoms with Gasteiger partial charge < -0.3 is 9.80 Å². The minimum atomic E-state index is -0.0998. The molecule has 2 aromatic carbocycles. The number of fused-ring (bicyclic) bond motifs is 2. The monoisotopic (exact) mass is 332 g/mol. The van der Waals surface area contributed by atoms with Crippen molar-refractivity contribution in [3.8, 4) is 0 Å². The molecule has 0 bridgehead atoms. The highest BCUT2D eigenvalue weighted by Crippen LogP contribution is 2.29. The highest BCUT2D eigenvalue weighted by molar-refractivity contribution is 6.06. The normalized spacial score (nSPS) is 16.9. The van der Waals surface area contributed by atoms with Gasteiger partial charge in [0.2, 0.25) is 0 Å². The Morgan fingerprint density at radius 2 is 1.80 bits per heavy atom. The Balaban J connectivity index is 1.74. The lowest BCUT2D eigenvalue weighted by Gasteiger charge is -2.37. The fraction of sp³-hybridized carbons (Fsp3) is 0.250. The van der Waals surface area contributed by atoms with E-state index in [1.54, 1.807) is 6.20 Å². The molecule has 1 aliphatic rings. The minimum Gasteiger partial charge on any atom is -0.305 e. The van der Waals surface area contributed by atoms with Crippen LogP contribution in [-0.4, -0.2) is 47.5 Å². The molecule has 0 saturated heterocycles. The van der Waals surface area contributed by atoms with Crippen LogP contribution in [0.5, 0.6) is 0 Å². The van der Waals surface area contributed by atoms with Crippen LogP contribution in [0.4, 0.5) is 5.69 Å². The van der Waals surface area contributed by atoms with Gasteiger partial charge >= 0.3 is 0 Å². The van der Waals surface area contributed by atoms with Crippen LogP contribution in [0.1, 0.15) is 16.1 Å². The third-order valence-corrected chi connectivity index (χ3v) is 4.77. The zero-order valence-corrected chi connectivity index (χ0v) is 14.4. The van der Waals surface area contributed by atoms with Gasteiger partial charge in [-0.05, 0) is 44.3 Å². The van der Waals surface area contributed by atoms with E-state index in [1.165, 1.54) is 5.56 Å². The standard InChI is InChI=1S/C20H20N4O/c1-23(2)15-11-14-7-3-6-10-19(14)24(13-15)20(25)18-12-21-16-8-4-5-9-17(16)22-18/h3-10,12,15H,11,13H2,1-2H3. The molecule has 2 heterocycles. The first-order chi connectivity index (χ1) is 12.1. The molecule has 1 aliphatic heterocycles. The van der Waals surface area contributed by atoms with Crippen LogP contribution < -0.4 is 4.90 Å². The maximum Gasteiger partial charge on any atom is 0.278 e. The molecule has 126 valence electrons. The van der Waals surface area contributed by atoms with Crippen molar-refractivity contribution < 1.29 is 4.79 Å². The number of carbonyl (C=O) groups excluding carboxylic acids is 1. The SMILES string of the molecule is CN(C)C1Cc2ccccc2N(C(=O)c2cnc3ccccc3n2)C1. The van der Waals surface area contributed by atoms with Crippen molar-refractivity contribution in [3.05, 3.63) is 66.0 Å². The zero-order chi connectivity index (χ0) is 17.4. The van der Waals surface area contributed by atoms with Gasteiger partial charge in [0.1, 0.15) is 5.69 Å². The number of rotatable bonds is 2. The van der Waals surface area contributed by atoms with Crippen LogP contribution in [0, 0.1) is 0 Å². The number of hydrogen-bond acceptors (Lipinski definition) is 4. The molecule has 4 rings (SSSR count). The van der Waals surface area contributed by atoms with Crippen LogP contribution in [-0.2, 0) is 6.42 Å². The maximum atomic E-state index is 13.2. The van der Waals surface area contributed by atoms with Gasteiger partial charge in [0.25, 0.3) is 5.91 Å². The van der Waals surface area contributed by atoms with Crippen molar-refractivity contribution in [1.29, 1.82) is 0 Å². The molecule has 5 nitrogen and oxygen atoms in total. The summed E-state index contributed by atoms with van der Waals surface area (Å²) in [4.78, 5) is 26.1. The number of carbonyl (C=O) groups is 1. The van der Waals surface area contributed by atoms with Crippen molar-refractivity contribution in [3.63, 3.8) is 0 Å². The van der Waals surface area contributed by atoms with Crippen LogP contribution in [0.2, 0.25) is 0 Å². The molecule has 0 radical (unpaired) electrons. The van der Waals surface area contributed by atoms with E-state index in [4.69, 9.17) is 0 Å². The summed E-state index contributed by atoms with van der Waals surface area (Å²) < 4.78 is 0. The average molecular weight is 332 g/mol. The van der Waals surface area contributed by atoms with Gasteiger partial charge in [0.15, 0.2) is 0 Å². The Labute approximate surface area is 146 Å². The quantitative estimate of drug-likeness (QED) is 0.724. The molecule has 0 N–H and O–H groups in total. The summed E-state index contributed by atoms with van der Waals surface area (Å²) in [5.41, 5.74) is 4.08. The molecule has 0 fully saturated rings. The van der Waals surface area contributed by atoms with Gasteiger partial charge in [-0.25, -0.2) is 4.98 Å². The molecule has 0 saturated carbocycles. The minimum absolute atomic E-state index is 0.0998. The van der Waals surface area contributed by atoms with E-state index >= 15 is 0 Å². The van der Waals surface area contributed by atoms with Crippen molar-refractivity contribution in [1.82, 2.24) is 14.9 Å². The third kappa shape index (κ3) is 2.87. The summed E-state index contributed by atoms with van der Waals surface area (Å²) in [7, 11) is 4.11. The summed E-state index contributed by atoms with van der Waals surface area (Å²) in [6.45, 7) is 0.650. The molecule has 1 amide bonds. The lowest BCUT2D eigenvalue weighted by atomic mass is 9.97. The smallest absolute Gasteiger partial charge is 0.278 e. The number of nitrogens with zero attached hydrogens (tertiary/aromatic N) is 4. The highest BCUT2D eigenvalue weighted by Gasteiger charge is 2.30. The van der Waals surface area contributed by atoms with Crippen LogP contribution in [0.25, 0.3) is 11.0 Å². The maximum absolute atomic E-state index is 13.2. The summed E-state index contributed by atoms with van der Waals surface area (Å²) in [6.07, 6.45) is 2.52. The number of para-hydroxylation sites is 3. The predicted molar refractivity (Wildman–Crippen MR) is 98.8 cm³/mol. The van der Waals surface area contributed by atoms with Gasteiger partial charge in [-0.2, -0.15) is 0 Å². The van der Waals surface area contributed by atoms with E-state index in [9.17, 15) is 4.79 Å². The number of benzene rings is 2. The fourth-order valence-electron chi connectivity index (χ4n) is 3.31. The van der Waals surface area contributed by atoms with Crippen molar-refractivity contribution >= 4 is 22.6 Å². The van der Waals surface area contributed by atoms with Gasteiger partial charge in [0, 0.05) is 18.3 Å². The molecule has 25 heavy (non-hydrogen) atoms. The second-order valence-corrected chi connectivity index (χ2v) is 6.61. The van der Waals surface area contributed by atoms with E-state index in [-0.39, 0.29) is 11.9 Å². The molecule has 1 aromatic heterocycles. The van der Waals surface area contributed by atoms with Gasteiger partial charge in [-0.15, -0.1) is 0 Å². The fourth-order valence-corrected chi connectivity index (χ4v) is 3.31. The second kappa shape index (κ2) is 6.26. The summed E-state index contributed by atoms with van der Waals surface area (Å²) in [5, 5.41) is 0. The molecule has 0 aliphatic carbocycles. The summed E-state index contributed by atoms with van der Waals surface area (Å²) >= 11 is 0. The molecule has 1 atom stereocenters. The van der Waals surface area contributed by atoms with Crippen LogP contribution in [0.3, 0.4) is 0 Å². The first-order valence-corrected chi connectivity index (χ1v) is 8.41. The largest absolute Gasteiger partial charge is 0.305 e. The Hall–Kier alpha value is -2.79. The summed E-state index contributed by atoms with van der Waals surface area (Å²) in [5.74, 6) is -0.0998. The number of anilines is 1. The predicted octanol–water partition coefficient (Wildman–Crippen LogP) is 2.76. The Morgan fingerprint density at radius 1 is 1.08 bits per heavy atom. The van der Waals surface area contributed by atoms with E-state index in [2.05, 4.69) is 35.0 Å². The van der Waals surface area contributed by atoms with Gasteiger partial charge in [-0.1, -0.05) is 30.3 Å². The highest BCUT2D eigenvalue weighted by atomic mass is 16.2. The number of amides is 1. The Morgan fingerprint density at radius 3 is 2.60 bits per heavy atom. The molecule has 0 spiro atoms. The molecular formula is C20H20N4O. The lowest BCUT2D eigenvalue weighted by molar-refractivity contribution is 0.0971. The zero-order valence-electron chi connectivity index (χ0n) is 14.4. The Kier molecular flexibility index (Phi) is 3.93. The van der Waals surface area contributed by atoms with Crippen LogP contribution >= 0.6 is 0 Å². The molecular weight excluding hydrogens is 312 g/mol.